The van der Waals surface area contributed by atoms with Gasteiger partial charge in [0.2, 0.25) is 0 Å². The Labute approximate surface area is 112 Å². The fourth-order valence-corrected chi connectivity index (χ4v) is 2.34. The Hall–Kier alpha value is -2.13. The van der Waals surface area contributed by atoms with Crippen LogP contribution in [0, 0.1) is 0 Å². The number of fused-ring (bicyclic) bond motifs is 1. The lowest BCUT2D eigenvalue weighted by Gasteiger charge is -2.03. The van der Waals surface area contributed by atoms with E-state index in [9.17, 15) is 0 Å². The molecule has 0 saturated carbocycles. The number of rotatable bonds is 4. The van der Waals surface area contributed by atoms with Gasteiger partial charge in [0.15, 0.2) is 0 Å². The molecule has 2 aromatic carbocycles. The van der Waals surface area contributed by atoms with E-state index in [0.717, 1.165) is 18.8 Å². The van der Waals surface area contributed by atoms with Gasteiger partial charge in [-0.15, -0.1) is 0 Å². The molecular weight excluding hydrogens is 234 g/mol. The van der Waals surface area contributed by atoms with Crippen LogP contribution in [-0.4, -0.2) is 9.78 Å². The van der Waals surface area contributed by atoms with Crippen LogP contribution in [0.1, 0.15) is 11.3 Å². The number of nitrogens with zero attached hydrogens (tertiary/aromatic N) is 2. The van der Waals surface area contributed by atoms with E-state index in [2.05, 4.69) is 52.9 Å². The third kappa shape index (κ3) is 2.51. The number of benzene rings is 2. The fourth-order valence-electron chi connectivity index (χ4n) is 2.34. The van der Waals surface area contributed by atoms with Gasteiger partial charge in [0.25, 0.3) is 0 Å². The highest BCUT2D eigenvalue weighted by atomic mass is 15.3. The summed E-state index contributed by atoms with van der Waals surface area (Å²) >= 11 is 0. The van der Waals surface area contributed by atoms with Crippen LogP contribution in [0.5, 0.6) is 0 Å². The summed E-state index contributed by atoms with van der Waals surface area (Å²) in [6, 6.07) is 18.8. The molecule has 96 valence electrons. The topological polar surface area (TPSA) is 29.9 Å². The Kier molecular flexibility index (Phi) is 3.29. The van der Waals surface area contributed by atoms with Gasteiger partial charge in [-0.25, -0.2) is 0 Å². The first-order chi connectivity index (χ1) is 9.34. The normalized spacial score (nSPS) is 11.0. The van der Waals surface area contributed by atoms with Crippen molar-refractivity contribution in [2.24, 2.45) is 7.05 Å². The molecule has 0 aliphatic rings. The molecule has 0 aliphatic carbocycles. The van der Waals surface area contributed by atoms with E-state index in [1.165, 1.54) is 16.5 Å². The molecule has 1 N–H and O–H groups in total. The van der Waals surface area contributed by atoms with Crippen molar-refractivity contribution in [1.29, 1.82) is 0 Å². The number of hydrogen-bond donors (Lipinski definition) is 1. The van der Waals surface area contributed by atoms with Crippen LogP contribution >= 0.6 is 0 Å². The smallest absolute Gasteiger partial charge is 0.0841 e. The van der Waals surface area contributed by atoms with Crippen molar-refractivity contribution >= 4 is 10.9 Å². The first-order valence-corrected chi connectivity index (χ1v) is 6.50. The molecule has 3 nitrogen and oxygen atoms in total. The summed E-state index contributed by atoms with van der Waals surface area (Å²) in [6.07, 6.45) is 0. The van der Waals surface area contributed by atoms with Crippen molar-refractivity contribution in [3.63, 3.8) is 0 Å². The molecule has 0 aliphatic heterocycles. The van der Waals surface area contributed by atoms with Crippen LogP contribution in [-0.2, 0) is 20.1 Å². The zero-order valence-electron chi connectivity index (χ0n) is 11.0. The maximum atomic E-state index is 4.58. The predicted molar refractivity (Wildman–Crippen MR) is 77.7 cm³/mol. The van der Waals surface area contributed by atoms with E-state index in [-0.39, 0.29) is 0 Å². The van der Waals surface area contributed by atoms with Crippen LogP contribution in [0.15, 0.2) is 54.6 Å². The fraction of sp³-hybridized carbons (Fsp3) is 0.188. The van der Waals surface area contributed by atoms with Crippen LogP contribution in [0.3, 0.4) is 0 Å². The molecule has 1 heterocycles. The van der Waals surface area contributed by atoms with Gasteiger partial charge in [-0.2, -0.15) is 5.10 Å². The average molecular weight is 251 g/mol. The van der Waals surface area contributed by atoms with Crippen molar-refractivity contribution in [1.82, 2.24) is 15.1 Å². The van der Waals surface area contributed by atoms with E-state index < -0.39 is 0 Å². The first kappa shape index (κ1) is 11.9. The zero-order valence-corrected chi connectivity index (χ0v) is 11.0. The molecule has 0 bridgehead atoms. The molecule has 3 heteroatoms. The average Bonchev–Trinajstić information content (AvgIpc) is 2.78. The zero-order chi connectivity index (χ0) is 13.1. The minimum absolute atomic E-state index is 0.788. The number of nitrogens with one attached hydrogen (secondary N) is 1. The van der Waals surface area contributed by atoms with Crippen molar-refractivity contribution in [2.75, 3.05) is 0 Å². The van der Waals surface area contributed by atoms with Gasteiger partial charge in [-0.05, 0) is 11.6 Å². The minimum Gasteiger partial charge on any atom is -0.307 e. The van der Waals surface area contributed by atoms with E-state index in [0.29, 0.717) is 0 Å². The Morgan fingerprint density at radius 1 is 0.947 bits per heavy atom. The Morgan fingerprint density at radius 3 is 2.53 bits per heavy atom. The lowest BCUT2D eigenvalue weighted by Crippen LogP contribution is -2.13. The van der Waals surface area contributed by atoms with Crippen LogP contribution < -0.4 is 5.32 Å². The largest absolute Gasteiger partial charge is 0.307 e. The van der Waals surface area contributed by atoms with E-state index in [1.54, 1.807) is 0 Å². The molecule has 0 unspecified atom stereocenters. The van der Waals surface area contributed by atoms with Gasteiger partial charge in [-0.3, -0.25) is 4.68 Å². The standard InChI is InChI=1S/C16H17N3/c1-19-16-10-6-5-9-14(16)15(18-19)12-17-11-13-7-3-2-4-8-13/h2-10,17H,11-12H2,1H3. The molecule has 0 fully saturated rings. The monoisotopic (exact) mass is 251 g/mol. The summed E-state index contributed by atoms with van der Waals surface area (Å²) in [4.78, 5) is 0. The van der Waals surface area contributed by atoms with Crippen molar-refractivity contribution in [3.8, 4) is 0 Å². The van der Waals surface area contributed by atoms with Crippen LogP contribution in [0.25, 0.3) is 10.9 Å². The third-order valence-corrected chi connectivity index (χ3v) is 3.30. The Balaban J connectivity index is 1.72. The molecule has 3 rings (SSSR count). The highest BCUT2D eigenvalue weighted by molar-refractivity contribution is 5.81. The second-order valence-corrected chi connectivity index (χ2v) is 4.68. The van der Waals surface area contributed by atoms with Gasteiger partial charge in [0.05, 0.1) is 11.2 Å². The summed E-state index contributed by atoms with van der Waals surface area (Å²) in [5.74, 6) is 0. The molecule has 0 radical (unpaired) electrons. The summed E-state index contributed by atoms with van der Waals surface area (Å²) in [6.45, 7) is 1.65. The number of para-hydroxylation sites is 1. The van der Waals surface area contributed by atoms with Crippen molar-refractivity contribution in [2.45, 2.75) is 13.1 Å². The Bertz CT molecular complexity index is 671. The number of aryl methyl sites for hydroxylation is 1. The minimum atomic E-state index is 0.788. The van der Waals surface area contributed by atoms with E-state index in [1.807, 2.05) is 23.9 Å². The van der Waals surface area contributed by atoms with Gasteiger partial charge in [0, 0.05) is 25.5 Å². The number of aromatic nitrogens is 2. The molecule has 0 spiro atoms. The maximum Gasteiger partial charge on any atom is 0.0841 e. The highest BCUT2D eigenvalue weighted by Crippen LogP contribution is 2.17. The molecule has 0 amide bonds. The molecular formula is C16H17N3. The van der Waals surface area contributed by atoms with Crippen LogP contribution in [0.4, 0.5) is 0 Å². The highest BCUT2D eigenvalue weighted by Gasteiger charge is 2.06. The molecule has 0 atom stereocenters. The third-order valence-electron chi connectivity index (χ3n) is 3.30. The molecule has 19 heavy (non-hydrogen) atoms. The summed E-state index contributed by atoms with van der Waals surface area (Å²) < 4.78 is 1.94. The summed E-state index contributed by atoms with van der Waals surface area (Å²) in [5, 5.41) is 9.25. The van der Waals surface area contributed by atoms with E-state index >= 15 is 0 Å². The van der Waals surface area contributed by atoms with Crippen molar-refractivity contribution in [3.05, 3.63) is 65.9 Å². The van der Waals surface area contributed by atoms with Gasteiger partial charge in [-0.1, -0.05) is 48.5 Å². The van der Waals surface area contributed by atoms with Gasteiger partial charge >= 0.3 is 0 Å². The second-order valence-electron chi connectivity index (χ2n) is 4.68. The first-order valence-electron chi connectivity index (χ1n) is 6.50. The maximum absolute atomic E-state index is 4.58. The predicted octanol–water partition coefficient (Wildman–Crippen LogP) is 2.86. The molecule has 1 aromatic heterocycles. The quantitative estimate of drug-likeness (QED) is 0.772. The SMILES string of the molecule is Cn1nc(CNCc2ccccc2)c2ccccc21. The van der Waals surface area contributed by atoms with Crippen LogP contribution in [0.2, 0.25) is 0 Å². The lowest BCUT2D eigenvalue weighted by atomic mass is 10.2. The summed E-state index contributed by atoms with van der Waals surface area (Å²) in [5.41, 5.74) is 3.58. The number of hydrogen-bond acceptors (Lipinski definition) is 2. The second kappa shape index (κ2) is 5.24. The van der Waals surface area contributed by atoms with Crippen molar-refractivity contribution < 1.29 is 0 Å². The molecule has 0 saturated heterocycles. The van der Waals surface area contributed by atoms with Gasteiger partial charge in [0.1, 0.15) is 0 Å². The van der Waals surface area contributed by atoms with Gasteiger partial charge < -0.3 is 5.32 Å². The summed E-state index contributed by atoms with van der Waals surface area (Å²) in [7, 11) is 1.99. The molecule has 3 aromatic rings. The van der Waals surface area contributed by atoms with E-state index in [4.69, 9.17) is 0 Å². The lowest BCUT2D eigenvalue weighted by molar-refractivity contribution is 0.662. The Morgan fingerprint density at radius 2 is 1.68 bits per heavy atom.